The van der Waals surface area contributed by atoms with Crippen molar-refractivity contribution >= 4 is 43.6 Å². The third kappa shape index (κ3) is 4.18. The highest BCUT2D eigenvalue weighted by molar-refractivity contribution is 6.31. The minimum Gasteiger partial charge on any atom is -0.309 e. The molecule has 0 saturated carbocycles. The first-order valence-corrected chi connectivity index (χ1v) is 18.3. The Morgan fingerprint density at radius 1 is 0.472 bits per heavy atom. The Morgan fingerprint density at radius 2 is 1.08 bits per heavy atom. The van der Waals surface area contributed by atoms with Crippen LogP contribution in [0.5, 0.6) is 0 Å². The zero-order valence-corrected chi connectivity index (χ0v) is 29.5. The number of hydrogen-bond acceptors (Lipinski definition) is 2. The zero-order chi connectivity index (χ0) is 35.3. The van der Waals surface area contributed by atoms with Crippen molar-refractivity contribution in [3.8, 4) is 45.1 Å². The molecule has 0 saturated heterocycles. The summed E-state index contributed by atoms with van der Waals surface area (Å²) in [5, 5.41) is 5.14. The summed E-state index contributed by atoms with van der Waals surface area (Å²) in [6.45, 7) is 4.82. The summed E-state index contributed by atoms with van der Waals surface area (Å²) in [7, 11) is 0. The first-order chi connectivity index (χ1) is 26.1. The second kappa shape index (κ2) is 11.1. The van der Waals surface area contributed by atoms with Crippen LogP contribution in [0.25, 0.3) is 88.8 Å². The van der Waals surface area contributed by atoms with Gasteiger partial charge in [-0.3, -0.25) is 4.98 Å². The molecule has 0 bridgehead atoms. The summed E-state index contributed by atoms with van der Waals surface area (Å²) < 4.78 is 5.02. The summed E-state index contributed by atoms with van der Waals surface area (Å²) in [6, 6.07) is 58.8. The van der Waals surface area contributed by atoms with Crippen molar-refractivity contribution in [3.05, 3.63) is 181 Å². The topological polar surface area (TPSA) is 35.6 Å². The van der Waals surface area contributed by atoms with Crippen molar-refractivity contribution in [2.75, 3.05) is 0 Å². The quantitative estimate of drug-likeness (QED) is 0.186. The van der Waals surface area contributed by atoms with Gasteiger partial charge >= 0.3 is 0 Å². The van der Waals surface area contributed by atoms with Crippen LogP contribution in [0.2, 0.25) is 0 Å². The van der Waals surface area contributed by atoms with Crippen molar-refractivity contribution < 1.29 is 0 Å². The fourth-order valence-corrected chi connectivity index (χ4v) is 9.10. The van der Waals surface area contributed by atoms with Crippen molar-refractivity contribution in [1.29, 1.82) is 0 Å². The molecule has 0 amide bonds. The molecule has 6 aromatic carbocycles. The molecule has 0 fully saturated rings. The molecule has 1 aliphatic carbocycles. The van der Waals surface area contributed by atoms with Gasteiger partial charge in [-0.25, -0.2) is 4.98 Å². The highest BCUT2D eigenvalue weighted by Crippen LogP contribution is 2.58. The van der Waals surface area contributed by atoms with Crippen LogP contribution in [-0.4, -0.2) is 19.1 Å². The summed E-state index contributed by atoms with van der Waals surface area (Å²) in [4.78, 5) is 9.55. The van der Waals surface area contributed by atoms with Gasteiger partial charge in [0.2, 0.25) is 0 Å². The summed E-state index contributed by atoms with van der Waals surface area (Å²) in [5.74, 6) is 0. The highest BCUT2D eigenvalue weighted by Gasteiger charge is 2.41. The number of nitrogens with zero attached hydrogens (tertiary/aromatic N) is 4. The second-order valence-electron chi connectivity index (χ2n) is 14.6. The Labute approximate surface area is 307 Å². The maximum Gasteiger partial charge on any atom is 0.0893 e. The molecule has 0 spiro atoms. The lowest BCUT2D eigenvalue weighted by Gasteiger charge is -2.23. The number of fused-ring (bicyclic) bond motifs is 12. The molecule has 4 nitrogen and oxygen atoms in total. The molecule has 4 aromatic heterocycles. The number of rotatable bonds is 4. The molecule has 53 heavy (non-hydrogen) atoms. The molecule has 0 unspecified atom stereocenters. The lowest BCUT2D eigenvalue weighted by molar-refractivity contribution is 0.667. The minimum atomic E-state index is -0.223. The van der Waals surface area contributed by atoms with E-state index in [4.69, 9.17) is 4.98 Å². The number of para-hydroxylation sites is 3. The van der Waals surface area contributed by atoms with Gasteiger partial charge in [0.15, 0.2) is 0 Å². The summed E-state index contributed by atoms with van der Waals surface area (Å²) in [6.07, 6.45) is 1.81. The predicted octanol–water partition coefficient (Wildman–Crippen LogP) is 12.3. The van der Waals surface area contributed by atoms with E-state index < -0.39 is 0 Å². The van der Waals surface area contributed by atoms with Crippen LogP contribution in [0, 0.1) is 0 Å². The molecular weight excluding hydrogens is 645 g/mol. The van der Waals surface area contributed by atoms with Crippen LogP contribution < -0.4 is 0 Å². The summed E-state index contributed by atoms with van der Waals surface area (Å²) >= 11 is 0. The monoisotopic (exact) mass is 678 g/mol. The fourth-order valence-electron chi connectivity index (χ4n) is 9.10. The van der Waals surface area contributed by atoms with Crippen molar-refractivity contribution in [2.24, 2.45) is 0 Å². The molecule has 10 aromatic rings. The molecule has 0 aliphatic heterocycles. The summed E-state index contributed by atoms with van der Waals surface area (Å²) in [5.41, 5.74) is 16.1. The van der Waals surface area contributed by atoms with Gasteiger partial charge in [0.05, 0.1) is 39.1 Å². The van der Waals surface area contributed by atoms with E-state index in [1.165, 1.54) is 65.9 Å². The number of aromatic nitrogens is 4. The predicted molar refractivity (Wildman–Crippen MR) is 219 cm³/mol. The van der Waals surface area contributed by atoms with Crippen LogP contribution in [0.1, 0.15) is 25.0 Å². The Kier molecular flexibility index (Phi) is 6.27. The first-order valence-electron chi connectivity index (χ1n) is 18.3. The molecule has 0 radical (unpaired) electrons. The van der Waals surface area contributed by atoms with E-state index in [2.05, 4.69) is 167 Å². The van der Waals surface area contributed by atoms with Crippen LogP contribution in [-0.2, 0) is 5.41 Å². The Hall–Kier alpha value is -6.78. The Balaban J connectivity index is 1.27. The normalized spacial score (nSPS) is 13.2. The van der Waals surface area contributed by atoms with Crippen LogP contribution in [0.4, 0.5) is 0 Å². The average molecular weight is 679 g/mol. The van der Waals surface area contributed by atoms with E-state index in [9.17, 15) is 0 Å². The largest absolute Gasteiger partial charge is 0.309 e. The van der Waals surface area contributed by atoms with E-state index in [0.29, 0.717) is 0 Å². The van der Waals surface area contributed by atoms with Gasteiger partial charge in [-0.05, 0) is 77.4 Å². The number of pyridine rings is 2. The molecule has 250 valence electrons. The molecule has 4 heterocycles. The second-order valence-corrected chi connectivity index (χ2v) is 14.6. The lowest BCUT2D eigenvalue weighted by atomic mass is 9.80. The molecule has 4 heteroatoms. The first kappa shape index (κ1) is 29.9. The number of hydrogen-bond donors (Lipinski definition) is 0. The van der Waals surface area contributed by atoms with Gasteiger partial charge < -0.3 is 9.13 Å². The smallest absolute Gasteiger partial charge is 0.0893 e. The van der Waals surface area contributed by atoms with Crippen molar-refractivity contribution in [3.63, 3.8) is 0 Å². The third-order valence-electron chi connectivity index (χ3n) is 11.3. The highest BCUT2D eigenvalue weighted by atomic mass is 15.0. The molecule has 1 aliphatic rings. The van der Waals surface area contributed by atoms with Crippen LogP contribution in [0.3, 0.4) is 0 Å². The molecule has 0 N–H and O–H groups in total. The maximum atomic E-state index is 5.02. The van der Waals surface area contributed by atoms with Gasteiger partial charge in [-0.2, -0.15) is 0 Å². The van der Waals surface area contributed by atoms with E-state index in [0.717, 1.165) is 34.0 Å². The zero-order valence-electron chi connectivity index (χ0n) is 29.5. The van der Waals surface area contributed by atoms with E-state index in [1.54, 1.807) is 0 Å². The maximum absolute atomic E-state index is 5.02. The van der Waals surface area contributed by atoms with Crippen LogP contribution >= 0.6 is 0 Å². The third-order valence-corrected chi connectivity index (χ3v) is 11.3. The van der Waals surface area contributed by atoms with E-state index in [-0.39, 0.29) is 5.41 Å². The Bertz CT molecular complexity index is 3060. The minimum absolute atomic E-state index is 0.223. The lowest BCUT2D eigenvalue weighted by Crippen LogP contribution is -2.15. The Morgan fingerprint density at radius 3 is 1.83 bits per heavy atom. The fraction of sp³-hybridized carbons (Fsp3) is 0.0612. The van der Waals surface area contributed by atoms with E-state index in [1.807, 2.05) is 30.5 Å². The van der Waals surface area contributed by atoms with Gasteiger partial charge in [-0.1, -0.05) is 117 Å². The standard InChI is InChI=1S/C49H34N4/c1-49(2)37-20-9-6-17-34(37)43-46(49)44-35-18-7-10-24-41(35)52(32-15-4-3-5-16-32)48(44)45-36-19-8-11-25-42(36)53(47(43)45)33-28-26-31(27-29-33)38-22-14-23-40(51-38)39-21-12-13-30-50-39/h3-30H,1-2H3. The van der Waals surface area contributed by atoms with Crippen molar-refractivity contribution in [2.45, 2.75) is 19.3 Å². The van der Waals surface area contributed by atoms with Gasteiger partial charge in [-0.15, -0.1) is 0 Å². The SMILES string of the molecule is CC1(C)c2ccccc2-c2c1c1c3ccccc3n(-c3ccccc3)c1c1c3ccccc3n(-c3ccc(-c4cccc(-c5ccccn5)n4)cc3)c21. The van der Waals surface area contributed by atoms with Crippen LogP contribution in [0.15, 0.2) is 170 Å². The molecule has 0 atom stereocenters. The van der Waals surface area contributed by atoms with E-state index >= 15 is 0 Å². The molecule has 11 rings (SSSR count). The number of benzene rings is 6. The van der Waals surface area contributed by atoms with Crippen molar-refractivity contribution in [1.82, 2.24) is 19.1 Å². The van der Waals surface area contributed by atoms with Gasteiger partial charge in [0.25, 0.3) is 0 Å². The van der Waals surface area contributed by atoms with Gasteiger partial charge in [0.1, 0.15) is 0 Å². The average Bonchev–Trinajstić information content (AvgIpc) is 3.82. The van der Waals surface area contributed by atoms with Gasteiger partial charge in [0, 0.05) is 55.7 Å². The molecular formula is C49H34N4.